The third-order valence-electron chi connectivity index (χ3n) is 26.0. The number of rotatable bonds is 8. The van der Waals surface area contributed by atoms with E-state index in [1.165, 1.54) is 155 Å². The predicted molar refractivity (Wildman–Crippen MR) is 481 cm³/mol. The van der Waals surface area contributed by atoms with Gasteiger partial charge >= 0.3 is 0 Å². The molecule has 0 radical (unpaired) electrons. The maximum atomic E-state index is 6.67. The first-order chi connectivity index (χ1) is 56.3. The number of hydrogen-bond donors (Lipinski definition) is 0. The van der Waals surface area contributed by atoms with E-state index >= 15 is 0 Å². The highest BCUT2D eigenvalue weighted by Crippen LogP contribution is 2.54. The summed E-state index contributed by atoms with van der Waals surface area (Å²) in [6.45, 7) is 14.2. The quantitative estimate of drug-likeness (QED) is 0.152. The molecule has 17 aromatic carbocycles. The number of aromatic nitrogens is 2. The van der Waals surface area contributed by atoms with Crippen LogP contribution in [0.4, 0.5) is 0 Å². The summed E-state index contributed by atoms with van der Waals surface area (Å²) in [7, 11) is 0. The summed E-state index contributed by atoms with van der Waals surface area (Å²) < 4.78 is 18.2. The normalized spacial score (nSPS) is 13.9. The summed E-state index contributed by atoms with van der Waals surface area (Å²) in [5.41, 5.74) is 40.7. The Bertz CT molecular complexity index is 7690. The van der Waals surface area contributed by atoms with Gasteiger partial charge in [-0.1, -0.05) is 296 Å². The summed E-state index contributed by atoms with van der Waals surface area (Å²) in [6.07, 6.45) is 0. The predicted octanol–water partition coefficient (Wildman–Crippen LogP) is 30.3. The molecular formula is C111H78N2O2. The molecule has 0 atom stereocenters. The molecule has 4 nitrogen and oxygen atoms in total. The van der Waals surface area contributed by atoms with Gasteiger partial charge < -0.3 is 18.0 Å². The SMILES string of the molecule is CC1(C)c2ccccc2-c2ccc(-c3cc(-c4ccc5c6ccccc6n(-c6ccc7c(c6)C(C)(C)c6ccccc6-7)c5c4)cc(-c4cccc5c4oc4ccccc45)c3)cc21.CC1(C)c2ccccc2-c2ccc(-c3cc(-c4ccc5c6ccccc6n(-c6ccccc6)c5c4)cc(-c4cccc5c4oc4ccccc45)c3)cc21. The van der Waals surface area contributed by atoms with Crippen molar-refractivity contribution in [1.29, 1.82) is 0 Å². The molecule has 4 heteroatoms. The minimum atomic E-state index is -0.101. The molecule has 21 aromatic rings. The Morgan fingerprint density at radius 3 is 0.948 bits per heavy atom. The van der Waals surface area contributed by atoms with Crippen LogP contribution in [-0.2, 0) is 16.2 Å². The first-order valence-corrected chi connectivity index (χ1v) is 40.3. The molecule has 0 N–H and O–H groups in total. The number of fused-ring (bicyclic) bond motifs is 21. The van der Waals surface area contributed by atoms with Crippen molar-refractivity contribution in [2.24, 2.45) is 0 Å². The highest BCUT2D eigenvalue weighted by Gasteiger charge is 2.39. The van der Waals surface area contributed by atoms with Gasteiger partial charge in [-0.05, 0) is 232 Å². The van der Waals surface area contributed by atoms with Crippen LogP contribution in [0.5, 0.6) is 0 Å². The molecule has 0 saturated heterocycles. The lowest BCUT2D eigenvalue weighted by Crippen LogP contribution is -2.15. The van der Waals surface area contributed by atoms with E-state index in [9.17, 15) is 0 Å². The second kappa shape index (κ2) is 25.0. The molecular weight excluding hydrogens is 1390 g/mol. The first kappa shape index (κ1) is 66.7. The van der Waals surface area contributed by atoms with Gasteiger partial charge in [-0.3, -0.25) is 0 Å². The summed E-state index contributed by atoms with van der Waals surface area (Å²) >= 11 is 0. The van der Waals surface area contributed by atoms with Crippen LogP contribution in [0.2, 0.25) is 0 Å². The fourth-order valence-corrected chi connectivity index (χ4v) is 20.2. The van der Waals surface area contributed by atoms with Gasteiger partial charge in [0.1, 0.15) is 22.3 Å². The molecule has 115 heavy (non-hydrogen) atoms. The lowest BCUT2D eigenvalue weighted by Gasteiger charge is -2.22. The van der Waals surface area contributed by atoms with Crippen molar-refractivity contribution >= 4 is 87.5 Å². The van der Waals surface area contributed by atoms with Crippen molar-refractivity contribution in [3.05, 3.63) is 397 Å². The molecule has 0 fully saturated rings. The van der Waals surface area contributed by atoms with E-state index in [1.54, 1.807) is 0 Å². The summed E-state index contributed by atoms with van der Waals surface area (Å²) in [6, 6.07) is 134. The second-order valence-corrected chi connectivity index (χ2v) is 33.4. The van der Waals surface area contributed by atoms with Crippen molar-refractivity contribution in [3.63, 3.8) is 0 Å². The van der Waals surface area contributed by atoms with Crippen LogP contribution in [0.1, 0.15) is 74.9 Å². The molecule has 0 bridgehead atoms. The van der Waals surface area contributed by atoms with Gasteiger partial charge in [0.15, 0.2) is 0 Å². The van der Waals surface area contributed by atoms with E-state index in [2.05, 4.69) is 409 Å². The molecule has 0 spiro atoms. The van der Waals surface area contributed by atoms with E-state index in [4.69, 9.17) is 8.83 Å². The highest BCUT2D eigenvalue weighted by molar-refractivity contribution is 6.14. The molecule has 544 valence electrons. The standard InChI is InChI=1S/C60H43NO.C51H35NO/c1-59(2)51-20-9-5-14-43(51)45-27-24-36(33-53(45)59)38-30-39(32-40(31-38)42-18-13-19-50-49-17-8-12-23-57(49)62-58(42)50)37-25-28-48-47-16-7-11-22-55(47)61(56(48)34-37)41-26-29-46-44-15-6-10-21-52(44)60(3,4)54(46)35-41;1-51(2)45-20-9-6-15-39(45)40-25-23-32(30-46(40)51)34-27-35(29-36(28-34)38-18-12-19-44-43-17-8-11-22-49(43)53-50(38)44)33-24-26-42-41-16-7-10-21-47(41)52(48(42)31-33)37-13-4-3-5-14-37/h5-35H,1-4H3;3-31H,1-2H3. The number of furan rings is 2. The fraction of sp³-hybridized carbons (Fsp3) is 0.0811. The van der Waals surface area contributed by atoms with Crippen LogP contribution in [-0.4, -0.2) is 9.13 Å². The van der Waals surface area contributed by atoms with E-state index in [1.807, 2.05) is 6.07 Å². The van der Waals surface area contributed by atoms with Crippen molar-refractivity contribution in [1.82, 2.24) is 9.13 Å². The Kier molecular flexibility index (Phi) is 14.5. The van der Waals surface area contributed by atoms with Gasteiger partial charge in [0, 0.05) is 81.8 Å². The van der Waals surface area contributed by atoms with E-state index in [0.29, 0.717) is 0 Å². The molecule has 3 aliphatic carbocycles. The van der Waals surface area contributed by atoms with Crippen molar-refractivity contribution in [2.75, 3.05) is 0 Å². The molecule has 0 aliphatic heterocycles. The fourth-order valence-electron chi connectivity index (χ4n) is 20.2. The van der Waals surface area contributed by atoms with Gasteiger partial charge in [0.2, 0.25) is 0 Å². The second-order valence-electron chi connectivity index (χ2n) is 33.4. The third kappa shape index (κ3) is 10.1. The van der Waals surface area contributed by atoms with Crippen LogP contribution in [0, 0.1) is 0 Å². The third-order valence-corrected chi connectivity index (χ3v) is 26.0. The zero-order valence-corrected chi connectivity index (χ0v) is 64.9. The molecule has 24 rings (SSSR count). The lowest BCUT2D eigenvalue weighted by atomic mass is 9.81. The minimum Gasteiger partial charge on any atom is -0.455 e. The molecule has 4 heterocycles. The molecule has 0 saturated carbocycles. The molecule has 0 amide bonds. The topological polar surface area (TPSA) is 36.1 Å². The maximum absolute atomic E-state index is 6.67. The monoisotopic (exact) mass is 1470 g/mol. The number of benzene rings is 17. The largest absolute Gasteiger partial charge is 0.455 e. The molecule has 4 aromatic heterocycles. The zero-order valence-electron chi connectivity index (χ0n) is 64.9. The van der Waals surface area contributed by atoms with Gasteiger partial charge in [-0.15, -0.1) is 0 Å². The number of para-hydroxylation sites is 7. The highest BCUT2D eigenvalue weighted by atomic mass is 16.3. The van der Waals surface area contributed by atoms with Gasteiger partial charge in [0.25, 0.3) is 0 Å². The Morgan fingerprint density at radius 1 is 0.183 bits per heavy atom. The van der Waals surface area contributed by atoms with Crippen LogP contribution >= 0.6 is 0 Å². The van der Waals surface area contributed by atoms with E-state index in [-0.39, 0.29) is 16.2 Å². The number of hydrogen-bond acceptors (Lipinski definition) is 2. The van der Waals surface area contributed by atoms with Crippen molar-refractivity contribution in [2.45, 2.75) is 57.8 Å². The van der Waals surface area contributed by atoms with Gasteiger partial charge in [0.05, 0.1) is 22.1 Å². The maximum Gasteiger partial charge on any atom is 0.143 e. The van der Waals surface area contributed by atoms with Gasteiger partial charge in [-0.2, -0.15) is 0 Å². The smallest absolute Gasteiger partial charge is 0.143 e. The Labute approximate surface area is 667 Å². The Balaban J connectivity index is 0.000000138. The molecule has 0 unspecified atom stereocenters. The van der Waals surface area contributed by atoms with Crippen LogP contribution in [0.3, 0.4) is 0 Å². The van der Waals surface area contributed by atoms with E-state index in [0.717, 1.165) is 77.4 Å². The summed E-state index contributed by atoms with van der Waals surface area (Å²) in [5, 5.41) is 9.55. The van der Waals surface area contributed by atoms with Crippen LogP contribution in [0.25, 0.3) is 199 Å². The summed E-state index contributed by atoms with van der Waals surface area (Å²) in [5.74, 6) is 0. The first-order valence-electron chi connectivity index (χ1n) is 40.3. The van der Waals surface area contributed by atoms with Crippen molar-refractivity contribution in [3.8, 4) is 112 Å². The Hall–Kier alpha value is -14.1. The minimum absolute atomic E-state index is 0.0852. The zero-order chi connectivity index (χ0) is 76.7. The van der Waals surface area contributed by atoms with Crippen LogP contribution in [0.15, 0.2) is 373 Å². The van der Waals surface area contributed by atoms with Crippen LogP contribution < -0.4 is 0 Å². The average Bonchev–Trinajstić information content (AvgIpc) is 1.58. The van der Waals surface area contributed by atoms with E-state index < -0.39 is 0 Å². The Morgan fingerprint density at radius 2 is 0.496 bits per heavy atom. The molecule has 3 aliphatic rings. The number of nitrogens with zero attached hydrogens (tertiary/aromatic N) is 2. The van der Waals surface area contributed by atoms with Crippen molar-refractivity contribution < 1.29 is 8.83 Å². The average molecular weight is 1470 g/mol. The lowest BCUT2D eigenvalue weighted by molar-refractivity contribution is 0.660. The summed E-state index contributed by atoms with van der Waals surface area (Å²) in [4.78, 5) is 0. The van der Waals surface area contributed by atoms with Gasteiger partial charge in [-0.25, -0.2) is 0 Å².